The standard InChI is InChI=1S/C14H18ClN3O3/c1-4-20-14(19)11-7-21-13(18-11)9-6-16-12(15)5-10(9)17-8(2)3/h5-6,8,11H,4,7H2,1-3H3,(H,16,17). The van der Waals surface area contributed by atoms with Crippen molar-refractivity contribution in [3.05, 3.63) is 23.0 Å². The van der Waals surface area contributed by atoms with E-state index in [0.717, 1.165) is 5.69 Å². The molecule has 1 N–H and O–H groups in total. The van der Waals surface area contributed by atoms with Gasteiger partial charge in [-0.2, -0.15) is 0 Å². The Balaban J connectivity index is 2.26. The third-order valence-corrected chi connectivity index (χ3v) is 2.96. The summed E-state index contributed by atoms with van der Waals surface area (Å²) < 4.78 is 10.5. The quantitative estimate of drug-likeness (QED) is 0.667. The fourth-order valence-corrected chi connectivity index (χ4v) is 2.07. The largest absolute Gasteiger partial charge is 0.474 e. The topological polar surface area (TPSA) is 72.8 Å². The highest BCUT2D eigenvalue weighted by Gasteiger charge is 2.29. The van der Waals surface area contributed by atoms with Crippen molar-refractivity contribution in [1.82, 2.24) is 4.98 Å². The maximum atomic E-state index is 11.7. The van der Waals surface area contributed by atoms with Gasteiger partial charge in [0.2, 0.25) is 5.90 Å². The Morgan fingerprint density at radius 3 is 3.05 bits per heavy atom. The minimum atomic E-state index is -0.623. The van der Waals surface area contributed by atoms with E-state index in [1.54, 1.807) is 19.2 Å². The molecule has 0 amide bonds. The molecule has 1 aliphatic rings. The zero-order valence-corrected chi connectivity index (χ0v) is 13.0. The van der Waals surface area contributed by atoms with Crippen LogP contribution in [0.3, 0.4) is 0 Å². The Labute approximate surface area is 128 Å². The van der Waals surface area contributed by atoms with E-state index in [2.05, 4.69) is 15.3 Å². The van der Waals surface area contributed by atoms with Crippen LogP contribution in [0.25, 0.3) is 0 Å². The second-order valence-corrected chi connectivity index (χ2v) is 5.25. The summed E-state index contributed by atoms with van der Waals surface area (Å²) in [7, 11) is 0. The molecular formula is C14H18ClN3O3. The summed E-state index contributed by atoms with van der Waals surface area (Å²) in [5.74, 6) is -0.00633. The van der Waals surface area contributed by atoms with Gasteiger partial charge in [0, 0.05) is 12.2 Å². The third kappa shape index (κ3) is 3.85. The number of halogens is 1. The van der Waals surface area contributed by atoms with E-state index in [4.69, 9.17) is 21.1 Å². The SMILES string of the molecule is CCOC(=O)C1COC(c2cnc(Cl)cc2NC(C)C)=N1. The van der Waals surface area contributed by atoms with E-state index in [9.17, 15) is 4.79 Å². The van der Waals surface area contributed by atoms with Gasteiger partial charge in [-0.25, -0.2) is 14.8 Å². The minimum Gasteiger partial charge on any atom is -0.474 e. The lowest BCUT2D eigenvalue weighted by atomic mass is 10.2. The second-order valence-electron chi connectivity index (χ2n) is 4.86. The van der Waals surface area contributed by atoms with Crippen molar-refractivity contribution in [2.45, 2.75) is 32.9 Å². The molecule has 6 nitrogen and oxygen atoms in total. The molecule has 0 saturated heterocycles. The van der Waals surface area contributed by atoms with Crippen molar-refractivity contribution < 1.29 is 14.3 Å². The van der Waals surface area contributed by atoms with Gasteiger partial charge in [0.15, 0.2) is 6.04 Å². The van der Waals surface area contributed by atoms with Gasteiger partial charge in [-0.1, -0.05) is 11.6 Å². The van der Waals surface area contributed by atoms with Gasteiger partial charge in [-0.05, 0) is 26.8 Å². The van der Waals surface area contributed by atoms with Crippen molar-refractivity contribution in [1.29, 1.82) is 0 Å². The number of hydrogen-bond acceptors (Lipinski definition) is 6. The first-order valence-electron chi connectivity index (χ1n) is 6.81. The Bertz CT molecular complexity index is 560. The van der Waals surface area contributed by atoms with Gasteiger partial charge >= 0.3 is 5.97 Å². The Morgan fingerprint density at radius 1 is 1.62 bits per heavy atom. The molecule has 114 valence electrons. The highest BCUT2D eigenvalue weighted by atomic mass is 35.5. The highest BCUT2D eigenvalue weighted by Crippen LogP contribution is 2.23. The van der Waals surface area contributed by atoms with Crippen LogP contribution in [-0.4, -0.2) is 42.1 Å². The number of aliphatic imine (C=N–C) groups is 1. The number of pyridine rings is 1. The monoisotopic (exact) mass is 311 g/mol. The van der Waals surface area contributed by atoms with Crippen molar-refractivity contribution in [3.8, 4) is 0 Å². The van der Waals surface area contributed by atoms with Crippen LogP contribution in [0.5, 0.6) is 0 Å². The van der Waals surface area contributed by atoms with Crippen LogP contribution in [0, 0.1) is 0 Å². The summed E-state index contributed by atoms with van der Waals surface area (Å²) >= 11 is 5.92. The first-order valence-corrected chi connectivity index (χ1v) is 7.18. The average molecular weight is 312 g/mol. The molecule has 0 aliphatic carbocycles. The molecule has 1 aromatic rings. The summed E-state index contributed by atoms with van der Waals surface area (Å²) in [6.45, 7) is 6.28. The number of nitrogens with zero attached hydrogens (tertiary/aromatic N) is 2. The molecule has 0 radical (unpaired) electrons. The number of carbonyl (C=O) groups is 1. The number of carbonyl (C=O) groups excluding carboxylic acids is 1. The zero-order valence-electron chi connectivity index (χ0n) is 12.2. The lowest BCUT2D eigenvalue weighted by molar-refractivity contribution is -0.144. The lowest BCUT2D eigenvalue weighted by Gasteiger charge is -2.14. The summed E-state index contributed by atoms with van der Waals surface area (Å²) in [5, 5.41) is 3.64. The molecule has 1 aromatic heterocycles. The van der Waals surface area contributed by atoms with Gasteiger partial charge in [0.05, 0.1) is 17.9 Å². The number of rotatable bonds is 5. The van der Waals surface area contributed by atoms with Crippen molar-refractivity contribution in [2.24, 2.45) is 4.99 Å². The maximum absolute atomic E-state index is 11.7. The van der Waals surface area contributed by atoms with E-state index >= 15 is 0 Å². The van der Waals surface area contributed by atoms with Crippen LogP contribution >= 0.6 is 11.6 Å². The van der Waals surface area contributed by atoms with E-state index in [0.29, 0.717) is 23.2 Å². The van der Waals surface area contributed by atoms with Crippen molar-refractivity contribution in [2.75, 3.05) is 18.5 Å². The van der Waals surface area contributed by atoms with E-state index in [1.165, 1.54) is 0 Å². The average Bonchev–Trinajstić information content (AvgIpc) is 2.88. The number of nitrogens with one attached hydrogen (secondary N) is 1. The summed E-state index contributed by atoms with van der Waals surface area (Å²) in [4.78, 5) is 20.0. The van der Waals surface area contributed by atoms with Gasteiger partial charge < -0.3 is 14.8 Å². The van der Waals surface area contributed by atoms with Crippen LogP contribution < -0.4 is 5.32 Å². The molecule has 0 bridgehead atoms. The number of esters is 1. The highest BCUT2D eigenvalue weighted by molar-refractivity contribution is 6.29. The van der Waals surface area contributed by atoms with Gasteiger partial charge in [-0.3, -0.25) is 0 Å². The Hall–Kier alpha value is -1.82. The van der Waals surface area contributed by atoms with Gasteiger partial charge in [0.25, 0.3) is 0 Å². The molecule has 0 aromatic carbocycles. The van der Waals surface area contributed by atoms with Crippen molar-refractivity contribution in [3.63, 3.8) is 0 Å². The molecular weight excluding hydrogens is 294 g/mol. The van der Waals surface area contributed by atoms with Crippen LogP contribution in [0.2, 0.25) is 5.15 Å². The van der Waals surface area contributed by atoms with Crippen LogP contribution in [0.1, 0.15) is 26.3 Å². The number of anilines is 1. The van der Waals surface area contributed by atoms with Gasteiger partial charge in [0.1, 0.15) is 11.8 Å². The molecule has 1 aliphatic heterocycles. The van der Waals surface area contributed by atoms with Crippen molar-refractivity contribution >= 4 is 29.2 Å². The summed E-state index contributed by atoms with van der Waals surface area (Å²) in [6.07, 6.45) is 1.58. The molecule has 0 spiro atoms. The predicted octanol–water partition coefficient (Wildman–Crippen LogP) is 2.26. The second kappa shape index (κ2) is 6.76. The Morgan fingerprint density at radius 2 is 2.38 bits per heavy atom. The van der Waals surface area contributed by atoms with Crippen LogP contribution in [0.4, 0.5) is 5.69 Å². The zero-order chi connectivity index (χ0) is 15.4. The summed E-state index contributed by atoms with van der Waals surface area (Å²) in [5.41, 5.74) is 1.45. The normalized spacial score (nSPS) is 17.4. The first-order chi connectivity index (χ1) is 10.0. The minimum absolute atomic E-state index is 0.178. The van der Waals surface area contributed by atoms with E-state index in [-0.39, 0.29) is 18.6 Å². The van der Waals surface area contributed by atoms with Crippen LogP contribution in [-0.2, 0) is 14.3 Å². The molecule has 2 heterocycles. The van der Waals surface area contributed by atoms with Gasteiger partial charge in [-0.15, -0.1) is 0 Å². The molecule has 0 saturated carbocycles. The summed E-state index contributed by atoms with van der Waals surface area (Å²) in [6, 6.07) is 1.30. The molecule has 7 heteroatoms. The number of aromatic nitrogens is 1. The fraction of sp³-hybridized carbons (Fsp3) is 0.500. The number of hydrogen-bond donors (Lipinski definition) is 1. The van der Waals surface area contributed by atoms with E-state index < -0.39 is 6.04 Å². The predicted molar refractivity (Wildman–Crippen MR) is 80.9 cm³/mol. The fourth-order valence-electron chi connectivity index (χ4n) is 1.91. The number of ether oxygens (including phenoxy) is 2. The smallest absolute Gasteiger partial charge is 0.334 e. The lowest BCUT2D eigenvalue weighted by Crippen LogP contribution is -2.22. The molecule has 1 unspecified atom stereocenters. The molecule has 0 fully saturated rings. The van der Waals surface area contributed by atoms with Crippen LogP contribution in [0.15, 0.2) is 17.3 Å². The Kier molecular flexibility index (Phi) is 5.01. The maximum Gasteiger partial charge on any atom is 0.334 e. The molecule has 2 rings (SSSR count). The van der Waals surface area contributed by atoms with E-state index in [1.807, 2.05) is 13.8 Å². The first kappa shape index (κ1) is 15.6. The molecule has 1 atom stereocenters. The third-order valence-electron chi connectivity index (χ3n) is 2.75. The molecule has 21 heavy (non-hydrogen) atoms.